The maximum Gasteiger partial charge on any atom is 0.322 e. The van der Waals surface area contributed by atoms with E-state index < -0.39 is 18.6 Å². The van der Waals surface area contributed by atoms with Crippen LogP contribution in [0, 0.1) is 34.5 Å². The molecule has 4 rings (SSSR count). The molecule has 0 spiro atoms. The minimum atomic E-state index is -1.18. The fourth-order valence-corrected chi connectivity index (χ4v) is 7.70. The van der Waals surface area contributed by atoms with Gasteiger partial charge in [-0.25, -0.2) is 0 Å². The van der Waals surface area contributed by atoms with Gasteiger partial charge in [-0.3, -0.25) is 19.2 Å². The smallest absolute Gasteiger partial charge is 0.322 e. The fraction of sp³-hybridized carbons (Fsp3) is 0.769. The molecule has 3 saturated carbocycles. The highest BCUT2D eigenvalue weighted by atomic mass is 16.5. The highest BCUT2D eigenvalue weighted by Gasteiger charge is 2.62. The normalized spacial score (nSPS) is 39.3. The third-order valence-electron chi connectivity index (χ3n) is 9.35. The summed E-state index contributed by atoms with van der Waals surface area (Å²) in [7, 11) is 0. The van der Waals surface area contributed by atoms with Crippen LogP contribution < -0.4 is 5.73 Å². The van der Waals surface area contributed by atoms with Crippen molar-refractivity contribution in [3.63, 3.8) is 0 Å². The fourth-order valence-electron chi connectivity index (χ4n) is 7.70. The second-order valence-electron chi connectivity index (χ2n) is 11.0. The number of carboxylic acid groups (broad SMARTS) is 1. The zero-order valence-electron chi connectivity index (χ0n) is 20.7. The molecule has 4 N–H and O–H groups in total. The lowest BCUT2D eigenvalue weighted by atomic mass is 9.46. The van der Waals surface area contributed by atoms with Crippen LogP contribution in [0.5, 0.6) is 0 Å². The Morgan fingerprint density at radius 3 is 2.35 bits per heavy atom. The number of aliphatic carboxylic acids is 1. The van der Waals surface area contributed by atoms with Crippen molar-refractivity contribution in [2.24, 2.45) is 40.2 Å². The highest BCUT2D eigenvalue weighted by Crippen LogP contribution is 2.66. The van der Waals surface area contributed by atoms with Crippen LogP contribution >= 0.6 is 0 Å². The topological polar surface area (TPSA) is 144 Å². The lowest BCUT2D eigenvalue weighted by Crippen LogP contribution is -2.56. The van der Waals surface area contributed by atoms with Crippen molar-refractivity contribution < 1.29 is 34.1 Å². The van der Waals surface area contributed by atoms with E-state index in [0.717, 1.165) is 38.5 Å². The number of carboxylic acids is 1. The van der Waals surface area contributed by atoms with Crippen LogP contribution in [0.2, 0.25) is 0 Å². The molecule has 0 radical (unpaired) electrons. The Hall–Kier alpha value is -2.06. The van der Waals surface area contributed by atoms with E-state index in [1.807, 2.05) is 6.08 Å². The van der Waals surface area contributed by atoms with Gasteiger partial charge in [0.1, 0.15) is 17.9 Å². The molecule has 0 heterocycles. The Kier molecular flexibility index (Phi) is 7.73. The van der Waals surface area contributed by atoms with Crippen LogP contribution in [-0.4, -0.2) is 52.5 Å². The Bertz CT molecular complexity index is 882. The number of hydrogen-bond acceptors (Lipinski definition) is 7. The number of carbonyl (C=O) groups excluding carboxylic acids is 3. The number of ketones is 2. The summed E-state index contributed by atoms with van der Waals surface area (Å²) in [6, 6.07) is -1.13. The zero-order chi connectivity index (χ0) is 25.4. The average molecular weight is 478 g/mol. The molecule has 0 bridgehead atoms. The molecule has 190 valence electrons. The first kappa shape index (κ1) is 26.5. The molecular formula is C26H39NO7. The third kappa shape index (κ3) is 4.59. The molecule has 0 aromatic carbocycles. The first-order valence-corrected chi connectivity index (χ1v) is 12.4. The van der Waals surface area contributed by atoms with Crippen LogP contribution in [0.4, 0.5) is 0 Å². The number of nitrogens with two attached hydrogens (primary N) is 1. The number of carbonyl (C=O) groups is 4. The number of hydrogen-bond donors (Lipinski definition) is 3. The van der Waals surface area contributed by atoms with E-state index in [1.54, 1.807) is 6.92 Å². The summed E-state index contributed by atoms with van der Waals surface area (Å²) in [4.78, 5) is 45.9. The van der Waals surface area contributed by atoms with Gasteiger partial charge in [-0.1, -0.05) is 19.4 Å². The van der Waals surface area contributed by atoms with Gasteiger partial charge in [-0.15, -0.1) is 0 Å². The Balaban J connectivity index is 0.000000406. The standard InChI is InChI=1S/C23H32O4.C3H7NO3/c1-13(24)18-7-8-19-17-6-5-15-11-16(26)12-21(27-14(2)25)23(15,4)20(17)9-10-22(18,19)3;4-2(1-5)3(6)7/h11,17-21H,5-10,12H2,1-4H3;2,5H,1,4H2,(H,6,7)/t17-,18+,19-,20-,21?,22+,23-;2-/m00/s1. The number of ether oxygens (including phenoxy) is 1. The van der Waals surface area contributed by atoms with Gasteiger partial charge in [0, 0.05) is 24.7 Å². The average Bonchev–Trinajstić information content (AvgIpc) is 3.11. The van der Waals surface area contributed by atoms with Crippen molar-refractivity contribution >= 4 is 23.5 Å². The van der Waals surface area contributed by atoms with Crippen LogP contribution in [-0.2, 0) is 23.9 Å². The van der Waals surface area contributed by atoms with E-state index in [-0.39, 0.29) is 34.6 Å². The molecule has 0 aromatic heterocycles. The summed E-state index contributed by atoms with van der Waals surface area (Å²) in [5, 5.41) is 15.9. The molecular weight excluding hydrogens is 438 g/mol. The Labute approximate surface area is 201 Å². The predicted octanol–water partition coefficient (Wildman–Crippen LogP) is 2.66. The molecule has 0 amide bonds. The Morgan fingerprint density at radius 1 is 1.15 bits per heavy atom. The number of esters is 1. The molecule has 1 unspecified atom stereocenters. The second kappa shape index (κ2) is 9.90. The largest absolute Gasteiger partial charge is 0.480 e. The molecule has 8 atom stereocenters. The van der Waals surface area contributed by atoms with E-state index in [9.17, 15) is 19.2 Å². The van der Waals surface area contributed by atoms with Gasteiger partial charge in [0.05, 0.1) is 6.61 Å². The monoisotopic (exact) mass is 477 g/mol. The number of Topliss-reactive ketones (excluding diaryl/α,β-unsaturated/α-hetero) is 1. The molecule has 0 aromatic rings. The van der Waals surface area contributed by atoms with Crippen LogP contribution in [0.3, 0.4) is 0 Å². The predicted molar refractivity (Wildman–Crippen MR) is 125 cm³/mol. The molecule has 3 fully saturated rings. The molecule has 8 heteroatoms. The zero-order valence-corrected chi connectivity index (χ0v) is 20.7. The summed E-state index contributed by atoms with van der Waals surface area (Å²) in [5.41, 5.74) is 5.84. The molecule has 0 aliphatic heterocycles. The molecule has 4 aliphatic rings. The Morgan fingerprint density at radius 2 is 1.82 bits per heavy atom. The summed E-state index contributed by atoms with van der Waals surface area (Å²) in [6.07, 6.45) is 8.09. The molecule has 4 aliphatic carbocycles. The second-order valence-corrected chi connectivity index (χ2v) is 11.0. The maximum absolute atomic E-state index is 12.3. The van der Waals surface area contributed by atoms with Crippen molar-refractivity contribution in [2.75, 3.05) is 6.61 Å². The van der Waals surface area contributed by atoms with Gasteiger partial charge in [0.2, 0.25) is 0 Å². The maximum atomic E-state index is 12.3. The van der Waals surface area contributed by atoms with Gasteiger partial charge >= 0.3 is 11.9 Å². The van der Waals surface area contributed by atoms with Crippen LogP contribution in [0.1, 0.15) is 72.6 Å². The van der Waals surface area contributed by atoms with Gasteiger partial charge in [0.15, 0.2) is 5.78 Å². The van der Waals surface area contributed by atoms with Gasteiger partial charge in [-0.05, 0) is 74.7 Å². The van der Waals surface area contributed by atoms with E-state index >= 15 is 0 Å². The number of aliphatic hydroxyl groups excluding tert-OH is 1. The summed E-state index contributed by atoms with van der Waals surface area (Å²) < 4.78 is 5.72. The van der Waals surface area contributed by atoms with E-state index in [0.29, 0.717) is 30.0 Å². The first-order valence-electron chi connectivity index (χ1n) is 12.4. The van der Waals surface area contributed by atoms with Gasteiger partial charge in [-0.2, -0.15) is 0 Å². The van der Waals surface area contributed by atoms with E-state index in [4.69, 9.17) is 20.7 Å². The van der Waals surface area contributed by atoms with Crippen LogP contribution in [0.25, 0.3) is 0 Å². The molecule has 8 nitrogen and oxygen atoms in total. The third-order valence-corrected chi connectivity index (χ3v) is 9.35. The first-order chi connectivity index (χ1) is 15.9. The minimum absolute atomic E-state index is 0.0883. The highest BCUT2D eigenvalue weighted by molar-refractivity contribution is 5.92. The summed E-state index contributed by atoms with van der Waals surface area (Å²) >= 11 is 0. The number of aliphatic hydroxyl groups is 1. The van der Waals surface area contributed by atoms with Gasteiger partial charge < -0.3 is 20.7 Å². The van der Waals surface area contributed by atoms with Crippen molar-refractivity contribution in [2.45, 2.75) is 84.8 Å². The van der Waals surface area contributed by atoms with Crippen LogP contribution in [0.15, 0.2) is 11.6 Å². The quantitative estimate of drug-likeness (QED) is 0.524. The van der Waals surface area contributed by atoms with Crippen molar-refractivity contribution in [3.8, 4) is 0 Å². The lowest BCUT2D eigenvalue weighted by molar-refractivity contribution is -0.164. The molecule has 34 heavy (non-hydrogen) atoms. The van der Waals surface area contributed by atoms with Crippen molar-refractivity contribution in [1.82, 2.24) is 0 Å². The number of fused-ring (bicyclic) bond motifs is 5. The summed E-state index contributed by atoms with van der Waals surface area (Å²) in [5.74, 6) is 0.718. The SMILES string of the molecule is CC(=O)OC1CC(=O)C=C2CC[C@H]3[C@@H]4CC[C@H](C(C)=O)[C@@]4(C)CC[C@@H]3[C@]21C.N[C@@H](CO)C(=O)O. The van der Waals surface area contributed by atoms with Crippen molar-refractivity contribution in [1.29, 1.82) is 0 Å². The minimum Gasteiger partial charge on any atom is -0.480 e. The number of rotatable bonds is 4. The van der Waals surface area contributed by atoms with Gasteiger partial charge in [0.25, 0.3) is 0 Å². The lowest BCUT2D eigenvalue weighted by Gasteiger charge is -2.59. The molecule has 0 saturated heterocycles. The van der Waals surface area contributed by atoms with E-state index in [2.05, 4.69) is 13.8 Å². The van der Waals surface area contributed by atoms with E-state index in [1.165, 1.54) is 12.5 Å². The van der Waals surface area contributed by atoms with Crippen molar-refractivity contribution in [3.05, 3.63) is 11.6 Å². The summed E-state index contributed by atoms with van der Waals surface area (Å²) in [6.45, 7) is 7.27.